The van der Waals surface area contributed by atoms with Crippen LogP contribution in [0.2, 0.25) is 0 Å². The van der Waals surface area contributed by atoms with Crippen LogP contribution in [0.25, 0.3) is 0 Å². The zero-order valence-corrected chi connectivity index (χ0v) is 12.6. The summed E-state index contributed by atoms with van der Waals surface area (Å²) in [7, 11) is 1.29. The Balaban J connectivity index is 2.32. The molecular weight excluding hydrogens is 311 g/mol. The average Bonchev–Trinajstić information content (AvgIpc) is 2.39. The zero-order chi connectivity index (χ0) is 14.1. The molecule has 0 aliphatic carbocycles. The van der Waals surface area contributed by atoms with Crippen LogP contribution in [0.15, 0.2) is 42.7 Å². The van der Waals surface area contributed by atoms with Gasteiger partial charge in [-0.25, -0.2) is 0 Å². The number of carbonyl (C=O) groups excluding carboxylic acids is 2. The van der Waals surface area contributed by atoms with E-state index in [2.05, 4.69) is 4.74 Å². The number of rotatable bonds is 7. The molecule has 0 bridgehead atoms. The van der Waals surface area contributed by atoms with Crippen LogP contribution in [-0.4, -0.2) is 38.8 Å². The van der Waals surface area contributed by atoms with Crippen LogP contribution in [0, 0.1) is 0 Å². The molecule has 0 amide bonds. The predicted octanol–water partition coefficient (Wildman–Crippen LogP) is 1.02. The van der Waals surface area contributed by atoms with E-state index in [1.807, 2.05) is 30.3 Å². The van der Waals surface area contributed by atoms with E-state index in [-0.39, 0.29) is 25.7 Å². The predicted molar refractivity (Wildman–Crippen MR) is 73.2 cm³/mol. The second-order valence-corrected chi connectivity index (χ2v) is 6.14. The minimum absolute atomic E-state index is 0.165. The van der Waals surface area contributed by atoms with Gasteiger partial charge in [-0.15, -0.1) is 0 Å². The molecule has 1 aromatic carbocycles. The van der Waals surface area contributed by atoms with Gasteiger partial charge in [-0.05, 0) is 0 Å². The van der Waals surface area contributed by atoms with E-state index < -0.39 is 5.97 Å². The van der Waals surface area contributed by atoms with Gasteiger partial charge in [0, 0.05) is 0 Å². The number of benzene rings is 1. The van der Waals surface area contributed by atoms with Gasteiger partial charge in [-0.1, -0.05) is 0 Å². The molecule has 1 rings (SSSR count). The maximum atomic E-state index is 11.8. The van der Waals surface area contributed by atoms with Crippen molar-refractivity contribution in [1.29, 1.82) is 0 Å². The van der Waals surface area contributed by atoms with Gasteiger partial charge in [0.1, 0.15) is 0 Å². The van der Waals surface area contributed by atoms with Crippen LogP contribution in [0.3, 0.4) is 0 Å². The van der Waals surface area contributed by atoms with E-state index in [0.717, 1.165) is 4.46 Å². The van der Waals surface area contributed by atoms with Crippen LogP contribution in [0.1, 0.15) is 13.3 Å². The van der Waals surface area contributed by atoms with Gasteiger partial charge in [-0.3, -0.25) is 0 Å². The van der Waals surface area contributed by atoms with E-state index in [0.29, 0.717) is 6.42 Å². The second-order valence-electron chi connectivity index (χ2n) is 3.76. The number of carbonyl (C=O) groups is 2. The molecule has 102 valence electrons. The Bertz CT molecular complexity index is 442. The number of hydrogen-bond donors (Lipinski definition) is 0. The maximum absolute atomic E-state index is 11.8. The first-order valence-electron chi connectivity index (χ1n) is 5.77. The molecule has 0 spiro atoms. The summed E-state index contributed by atoms with van der Waals surface area (Å²) in [6, 6.07) is 9.65. The average molecular weight is 327 g/mol. The molecule has 0 N–H and O–H groups in total. The minimum atomic E-state index is -0.480. The van der Waals surface area contributed by atoms with Crippen molar-refractivity contribution in [2.45, 2.75) is 19.4 Å². The molecule has 0 saturated carbocycles. The fraction of sp³-hybridized carbons (Fsp3) is 0.286. The summed E-state index contributed by atoms with van der Waals surface area (Å²) in [4.78, 5) is 22.6. The van der Waals surface area contributed by atoms with E-state index >= 15 is 0 Å². The Morgan fingerprint density at radius 3 is 2.63 bits per heavy atom. The summed E-state index contributed by atoms with van der Waals surface area (Å²) >= 11 is -0.190. The molecule has 1 atom stereocenters. The Kier molecular flexibility index (Phi) is 6.93. The van der Waals surface area contributed by atoms with Crippen molar-refractivity contribution >= 4 is 30.1 Å². The van der Waals surface area contributed by atoms with Crippen molar-refractivity contribution < 1.29 is 19.1 Å². The van der Waals surface area contributed by atoms with Crippen LogP contribution in [0.4, 0.5) is 0 Å². The van der Waals surface area contributed by atoms with Crippen molar-refractivity contribution in [1.82, 2.24) is 0 Å². The van der Waals surface area contributed by atoms with Crippen molar-refractivity contribution in [3.63, 3.8) is 0 Å². The van der Waals surface area contributed by atoms with E-state index in [1.165, 1.54) is 19.4 Å². The monoisotopic (exact) mass is 328 g/mol. The van der Waals surface area contributed by atoms with E-state index in [1.54, 1.807) is 6.92 Å². The Labute approximate surface area is 118 Å². The topological polar surface area (TPSA) is 52.6 Å². The summed E-state index contributed by atoms with van der Waals surface area (Å²) in [5, 5.41) is 0. The molecule has 0 heterocycles. The zero-order valence-electron chi connectivity index (χ0n) is 10.9. The van der Waals surface area contributed by atoms with E-state index in [9.17, 15) is 9.59 Å². The molecular formula is C14H16O4Se. The molecule has 1 aromatic rings. The molecule has 0 aliphatic rings. The number of methoxy groups -OCH3 is 1. The van der Waals surface area contributed by atoms with Crippen molar-refractivity contribution in [2.75, 3.05) is 7.11 Å². The number of hydrogen-bond acceptors (Lipinski definition) is 4. The van der Waals surface area contributed by atoms with Crippen molar-refractivity contribution in [3.8, 4) is 0 Å². The standard InChI is InChI=1S/C14H16O4Se/c1-11(18-9-8-13(15)17-2)10-14(16)19-12-6-4-3-5-7-12/h3-9,11H,10H2,1-2H3/b9-8+. The van der Waals surface area contributed by atoms with Gasteiger partial charge in [0.25, 0.3) is 0 Å². The third kappa shape index (κ3) is 6.79. The van der Waals surface area contributed by atoms with Crippen LogP contribution in [-0.2, 0) is 19.1 Å². The molecule has 5 heteroatoms. The van der Waals surface area contributed by atoms with E-state index in [4.69, 9.17) is 4.74 Å². The summed E-state index contributed by atoms with van der Waals surface area (Å²) in [6.07, 6.45) is 2.53. The fourth-order valence-electron chi connectivity index (χ4n) is 1.24. The first-order chi connectivity index (χ1) is 9.11. The normalized spacial score (nSPS) is 12.1. The quantitative estimate of drug-likeness (QED) is 0.325. The molecule has 4 nitrogen and oxygen atoms in total. The van der Waals surface area contributed by atoms with Gasteiger partial charge in [0.05, 0.1) is 0 Å². The Morgan fingerprint density at radius 1 is 1.32 bits per heavy atom. The Hall–Kier alpha value is -1.58. The molecule has 0 fully saturated rings. The number of esters is 1. The molecule has 0 aliphatic heterocycles. The van der Waals surface area contributed by atoms with Crippen LogP contribution < -0.4 is 4.46 Å². The van der Waals surface area contributed by atoms with Gasteiger partial charge in [-0.2, -0.15) is 0 Å². The molecule has 0 radical (unpaired) electrons. The fourth-order valence-corrected chi connectivity index (χ4v) is 3.08. The summed E-state index contributed by atoms with van der Waals surface area (Å²) in [5.41, 5.74) is 0. The van der Waals surface area contributed by atoms with Crippen molar-refractivity contribution in [3.05, 3.63) is 42.7 Å². The molecule has 19 heavy (non-hydrogen) atoms. The van der Waals surface area contributed by atoms with Gasteiger partial charge < -0.3 is 0 Å². The third-order valence-corrected chi connectivity index (χ3v) is 4.04. The first kappa shape index (κ1) is 15.5. The number of ether oxygens (including phenoxy) is 2. The second kappa shape index (κ2) is 8.51. The van der Waals surface area contributed by atoms with Gasteiger partial charge in [0.15, 0.2) is 0 Å². The van der Waals surface area contributed by atoms with Crippen LogP contribution in [0.5, 0.6) is 0 Å². The molecule has 1 unspecified atom stereocenters. The first-order valence-corrected chi connectivity index (χ1v) is 7.49. The summed E-state index contributed by atoms with van der Waals surface area (Å²) in [5.74, 6) is -0.480. The summed E-state index contributed by atoms with van der Waals surface area (Å²) in [6.45, 7) is 1.79. The van der Waals surface area contributed by atoms with Gasteiger partial charge in [0.2, 0.25) is 0 Å². The summed E-state index contributed by atoms with van der Waals surface area (Å²) < 4.78 is 10.9. The Morgan fingerprint density at radius 2 is 2.00 bits per heavy atom. The van der Waals surface area contributed by atoms with Crippen LogP contribution >= 0.6 is 0 Å². The van der Waals surface area contributed by atoms with Gasteiger partial charge >= 0.3 is 118 Å². The SMILES string of the molecule is COC(=O)/C=C/OC(C)CC(=O)[Se]c1ccccc1. The molecule has 0 aromatic heterocycles. The van der Waals surface area contributed by atoms with Crippen molar-refractivity contribution in [2.24, 2.45) is 0 Å². The molecule has 0 saturated heterocycles. The third-order valence-electron chi connectivity index (χ3n) is 2.15.